The van der Waals surface area contributed by atoms with Gasteiger partial charge < -0.3 is 10.0 Å². The number of rotatable bonds is 2. The first-order chi connectivity index (χ1) is 7.58. The van der Waals surface area contributed by atoms with Gasteiger partial charge in [0.1, 0.15) is 6.04 Å². The van der Waals surface area contributed by atoms with Gasteiger partial charge in [-0.1, -0.05) is 0 Å². The molecule has 0 aromatic carbocycles. The lowest BCUT2D eigenvalue weighted by atomic mass is 10.2. The molecule has 1 saturated heterocycles. The predicted octanol–water partition coefficient (Wildman–Crippen LogP) is 1.15. The summed E-state index contributed by atoms with van der Waals surface area (Å²) in [6.07, 6.45) is 1.55. The van der Waals surface area contributed by atoms with E-state index in [0.29, 0.717) is 12.4 Å². The Labute approximate surface area is 94.1 Å². The Morgan fingerprint density at radius 3 is 2.62 bits per heavy atom. The van der Waals surface area contributed by atoms with Gasteiger partial charge in [-0.05, 0) is 32.8 Å². The van der Waals surface area contributed by atoms with Crippen LogP contribution in [0.4, 0.5) is 5.95 Å². The summed E-state index contributed by atoms with van der Waals surface area (Å²) in [5.74, 6) is -0.248. The molecule has 1 aliphatic heterocycles. The molecule has 0 bridgehead atoms. The maximum atomic E-state index is 11.1. The van der Waals surface area contributed by atoms with E-state index < -0.39 is 12.0 Å². The summed E-state index contributed by atoms with van der Waals surface area (Å²) in [5, 5.41) is 9.09. The third-order valence-corrected chi connectivity index (χ3v) is 2.77. The van der Waals surface area contributed by atoms with Crippen molar-refractivity contribution in [1.82, 2.24) is 9.97 Å². The summed E-state index contributed by atoms with van der Waals surface area (Å²) in [6.45, 7) is 4.51. The van der Waals surface area contributed by atoms with Crippen molar-refractivity contribution in [1.29, 1.82) is 0 Å². The lowest BCUT2D eigenvalue weighted by Gasteiger charge is -2.21. The van der Waals surface area contributed by atoms with Crippen molar-refractivity contribution in [2.45, 2.75) is 32.7 Å². The molecule has 0 spiro atoms. The summed E-state index contributed by atoms with van der Waals surface area (Å²) >= 11 is 0. The van der Waals surface area contributed by atoms with E-state index in [9.17, 15) is 4.79 Å². The summed E-state index contributed by atoms with van der Waals surface area (Å²) in [7, 11) is 0. The van der Waals surface area contributed by atoms with Crippen LogP contribution in [0.2, 0.25) is 0 Å². The number of anilines is 1. The third-order valence-electron chi connectivity index (χ3n) is 2.77. The first-order valence-electron chi connectivity index (χ1n) is 5.39. The van der Waals surface area contributed by atoms with Crippen molar-refractivity contribution in [3.05, 3.63) is 17.5 Å². The molecule has 1 aliphatic rings. The van der Waals surface area contributed by atoms with Crippen molar-refractivity contribution in [3.63, 3.8) is 0 Å². The molecule has 0 aliphatic carbocycles. The van der Waals surface area contributed by atoms with Crippen molar-refractivity contribution in [2.75, 3.05) is 11.4 Å². The molecule has 1 N–H and O–H groups in total. The molecule has 5 nitrogen and oxygen atoms in total. The van der Waals surface area contributed by atoms with Gasteiger partial charge in [0.25, 0.3) is 0 Å². The molecule has 2 rings (SSSR count). The topological polar surface area (TPSA) is 66.3 Å². The van der Waals surface area contributed by atoms with Crippen LogP contribution in [0.15, 0.2) is 6.07 Å². The van der Waals surface area contributed by atoms with Gasteiger partial charge in [-0.15, -0.1) is 0 Å². The van der Waals surface area contributed by atoms with Gasteiger partial charge in [-0.3, -0.25) is 0 Å². The highest BCUT2D eigenvalue weighted by atomic mass is 16.4. The van der Waals surface area contributed by atoms with Crippen molar-refractivity contribution < 1.29 is 9.90 Å². The number of nitrogens with zero attached hydrogens (tertiary/aromatic N) is 3. The smallest absolute Gasteiger partial charge is 0.326 e. The lowest BCUT2D eigenvalue weighted by molar-refractivity contribution is -0.138. The van der Waals surface area contributed by atoms with Crippen LogP contribution in [0.25, 0.3) is 0 Å². The zero-order valence-electron chi connectivity index (χ0n) is 9.47. The molecule has 2 heterocycles. The van der Waals surface area contributed by atoms with Gasteiger partial charge in [0, 0.05) is 17.9 Å². The summed E-state index contributed by atoms with van der Waals surface area (Å²) < 4.78 is 0. The highest BCUT2D eigenvalue weighted by molar-refractivity contribution is 5.78. The molecule has 1 aromatic rings. The maximum absolute atomic E-state index is 11.1. The number of carboxylic acids is 1. The van der Waals surface area contributed by atoms with E-state index in [1.807, 2.05) is 19.9 Å². The Bertz CT molecular complexity index is 399. The Morgan fingerprint density at radius 1 is 1.44 bits per heavy atom. The monoisotopic (exact) mass is 221 g/mol. The second-order valence-electron chi connectivity index (χ2n) is 4.14. The van der Waals surface area contributed by atoms with Crippen LogP contribution < -0.4 is 4.90 Å². The molecule has 0 radical (unpaired) electrons. The number of hydrogen-bond acceptors (Lipinski definition) is 4. The normalized spacial score (nSPS) is 20.1. The van der Waals surface area contributed by atoms with Crippen molar-refractivity contribution in [3.8, 4) is 0 Å². The first kappa shape index (κ1) is 10.9. The van der Waals surface area contributed by atoms with Crippen LogP contribution in [0.1, 0.15) is 24.2 Å². The molecule has 1 atom stereocenters. The van der Waals surface area contributed by atoms with Gasteiger partial charge in [-0.2, -0.15) is 0 Å². The number of carboxylic acid groups (broad SMARTS) is 1. The number of carbonyl (C=O) groups is 1. The third kappa shape index (κ3) is 1.98. The molecule has 0 unspecified atom stereocenters. The Kier molecular flexibility index (Phi) is 2.77. The Morgan fingerprint density at radius 2 is 2.06 bits per heavy atom. The Hall–Kier alpha value is -1.65. The minimum absolute atomic E-state index is 0.471. The van der Waals surface area contributed by atoms with Crippen LogP contribution >= 0.6 is 0 Å². The molecule has 86 valence electrons. The average molecular weight is 221 g/mol. The molecule has 0 saturated carbocycles. The van der Waals surface area contributed by atoms with E-state index in [1.54, 1.807) is 4.90 Å². The van der Waals surface area contributed by atoms with Crippen LogP contribution in [-0.4, -0.2) is 33.6 Å². The van der Waals surface area contributed by atoms with E-state index in [0.717, 1.165) is 24.4 Å². The zero-order valence-corrected chi connectivity index (χ0v) is 9.47. The van der Waals surface area contributed by atoms with Crippen molar-refractivity contribution in [2.24, 2.45) is 0 Å². The van der Waals surface area contributed by atoms with E-state index in [1.165, 1.54) is 0 Å². The van der Waals surface area contributed by atoms with E-state index in [4.69, 9.17) is 5.11 Å². The highest BCUT2D eigenvalue weighted by Gasteiger charge is 2.32. The van der Waals surface area contributed by atoms with Gasteiger partial charge >= 0.3 is 5.97 Å². The van der Waals surface area contributed by atoms with E-state index >= 15 is 0 Å². The average Bonchev–Trinajstić information content (AvgIpc) is 2.63. The first-order valence-corrected chi connectivity index (χ1v) is 5.39. The minimum atomic E-state index is -0.791. The number of aryl methyl sites for hydroxylation is 2. The summed E-state index contributed by atoms with van der Waals surface area (Å²) in [4.78, 5) is 21.4. The molecule has 16 heavy (non-hydrogen) atoms. The quantitative estimate of drug-likeness (QED) is 0.811. The highest BCUT2D eigenvalue weighted by Crippen LogP contribution is 2.22. The standard InChI is InChI=1S/C11H15N3O2/c1-7-6-8(2)13-11(12-7)14-5-3-4-9(14)10(15)16/h6,9H,3-5H2,1-2H3,(H,15,16)/t9-/m1/s1. The summed E-state index contributed by atoms with van der Waals surface area (Å²) in [6, 6.07) is 1.41. The number of aromatic nitrogens is 2. The van der Waals surface area contributed by atoms with E-state index in [-0.39, 0.29) is 0 Å². The molecule has 1 fully saturated rings. The zero-order chi connectivity index (χ0) is 11.7. The largest absolute Gasteiger partial charge is 0.480 e. The maximum Gasteiger partial charge on any atom is 0.326 e. The van der Waals surface area contributed by atoms with Gasteiger partial charge in [0.2, 0.25) is 5.95 Å². The molecule has 0 amide bonds. The SMILES string of the molecule is Cc1cc(C)nc(N2CCC[C@@H]2C(=O)O)n1. The van der Waals surface area contributed by atoms with Crippen molar-refractivity contribution >= 4 is 11.9 Å². The number of aliphatic carboxylic acids is 1. The second-order valence-corrected chi connectivity index (χ2v) is 4.14. The summed E-state index contributed by atoms with van der Waals surface area (Å²) in [5.41, 5.74) is 1.75. The Balaban J connectivity index is 2.32. The van der Waals surface area contributed by atoms with Crippen LogP contribution in [0, 0.1) is 13.8 Å². The molecular weight excluding hydrogens is 206 g/mol. The molecule has 1 aromatic heterocycles. The van der Waals surface area contributed by atoms with Gasteiger partial charge in [0.05, 0.1) is 0 Å². The fraction of sp³-hybridized carbons (Fsp3) is 0.545. The van der Waals surface area contributed by atoms with Gasteiger partial charge in [0.15, 0.2) is 0 Å². The molecule has 5 heteroatoms. The second kappa shape index (κ2) is 4.08. The minimum Gasteiger partial charge on any atom is -0.480 e. The number of hydrogen-bond donors (Lipinski definition) is 1. The van der Waals surface area contributed by atoms with Crippen LogP contribution in [0.3, 0.4) is 0 Å². The van der Waals surface area contributed by atoms with Gasteiger partial charge in [-0.25, -0.2) is 14.8 Å². The fourth-order valence-electron chi connectivity index (χ4n) is 2.10. The lowest BCUT2D eigenvalue weighted by Crippen LogP contribution is -2.37. The van der Waals surface area contributed by atoms with Crippen LogP contribution in [-0.2, 0) is 4.79 Å². The van der Waals surface area contributed by atoms with E-state index in [2.05, 4.69) is 9.97 Å². The van der Waals surface area contributed by atoms with Crippen LogP contribution in [0.5, 0.6) is 0 Å². The molecular formula is C11H15N3O2. The predicted molar refractivity (Wildman–Crippen MR) is 59.5 cm³/mol. The fourth-order valence-corrected chi connectivity index (χ4v) is 2.10.